The second-order valence-corrected chi connectivity index (χ2v) is 11.7. The molecule has 35 heavy (non-hydrogen) atoms. The van der Waals surface area contributed by atoms with Crippen molar-refractivity contribution in [3.63, 3.8) is 0 Å². The number of morpholine rings is 1. The Bertz CT molecular complexity index is 1560. The number of rotatable bonds is 6. The van der Waals surface area contributed by atoms with Gasteiger partial charge in [-0.05, 0) is 50.2 Å². The van der Waals surface area contributed by atoms with Crippen LogP contribution < -0.4 is 15.7 Å². The zero-order valence-electron chi connectivity index (χ0n) is 19.0. The van der Waals surface area contributed by atoms with Crippen LogP contribution in [0.5, 0.6) is 11.5 Å². The van der Waals surface area contributed by atoms with E-state index < -0.39 is 20.9 Å². The summed E-state index contributed by atoms with van der Waals surface area (Å²) in [5, 5.41) is 13.9. The molecule has 1 saturated heterocycles. The lowest BCUT2D eigenvalue weighted by Crippen LogP contribution is -2.42. The summed E-state index contributed by atoms with van der Waals surface area (Å²) < 4.78 is 48.3. The molecule has 0 amide bonds. The number of fused-ring (bicyclic) bond motifs is 1. The fourth-order valence-electron chi connectivity index (χ4n) is 3.80. The number of nitrogens with one attached hydrogen (secondary N) is 1. The van der Waals surface area contributed by atoms with Crippen molar-refractivity contribution in [2.24, 2.45) is 0 Å². The summed E-state index contributed by atoms with van der Waals surface area (Å²) in [5.41, 5.74) is -0.401. The summed E-state index contributed by atoms with van der Waals surface area (Å²) in [6.45, 7) is 4.60. The predicted octanol–water partition coefficient (Wildman–Crippen LogP) is 3.74. The highest BCUT2D eigenvalue weighted by Crippen LogP contribution is 2.35. The van der Waals surface area contributed by atoms with E-state index in [1.165, 1.54) is 6.92 Å². The molecule has 5 rings (SSSR count). The third-order valence-corrected chi connectivity index (χ3v) is 9.29. The van der Waals surface area contributed by atoms with Crippen molar-refractivity contribution in [2.45, 2.75) is 30.1 Å². The van der Waals surface area contributed by atoms with E-state index in [9.17, 15) is 18.3 Å². The number of sulfone groups is 1. The standard InChI is InChI=1S/C24H23NO8S2/c1-13-22(26)14(2)24(27)33-23(13)19-10-15-9-16(3-5-18(15)32-19)31-12-17-4-6-21(34-17)35(28,29)20-11-25-7-8-30-20/h3-6,9-10,20,25-26H,7-8,11-12H2,1-2H3. The smallest absolute Gasteiger partial charge is 0.343 e. The van der Waals surface area contributed by atoms with Crippen LogP contribution in [0.15, 0.2) is 54.2 Å². The summed E-state index contributed by atoms with van der Waals surface area (Å²) >= 11 is 1.16. The highest BCUT2D eigenvalue weighted by atomic mass is 32.2. The summed E-state index contributed by atoms with van der Waals surface area (Å²) in [7, 11) is -3.57. The van der Waals surface area contributed by atoms with Gasteiger partial charge >= 0.3 is 5.63 Å². The van der Waals surface area contributed by atoms with E-state index in [0.29, 0.717) is 35.8 Å². The Morgan fingerprint density at radius 3 is 2.74 bits per heavy atom. The van der Waals surface area contributed by atoms with Crippen molar-refractivity contribution in [3.8, 4) is 23.0 Å². The first kappa shape index (κ1) is 23.6. The Hall–Kier alpha value is -3.12. The summed E-state index contributed by atoms with van der Waals surface area (Å²) in [5.74, 6) is 0.924. The zero-order chi connectivity index (χ0) is 24.7. The third-order valence-electron chi connectivity index (χ3n) is 5.80. The van der Waals surface area contributed by atoms with Crippen LogP contribution in [-0.4, -0.2) is 38.7 Å². The number of thiophene rings is 1. The number of hydrogen-bond donors (Lipinski definition) is 2. The van der Waals surface area contributed by atoms with Gasteiger partial charge in [-0.15, -0.1) is 11.3 Å². The molecule has 0 spiro atoms. The zero-order valence-corrected chi connectivity index (χ0v) is 20.6. The second kappa shape index (κ2) is 9.15. The van der Waals surface area contributed by atoms with Gasteiger partial charge in [0, 0.05) is 28.9 Å². The van der Waals surface area contributed by atoms with Gasteiger partial charge in [-0.25, -0.2) is 13.2 Å². The molecule has 4 heterocycles. The summed E-state index contributed by atoms with van der Waals surface area (Å²) in [4.78, 5) is 12.8. The molecule has 1 aliphatic heterocycles. The second-order valence-electron chi connectivity index (χ2n) is 8.19. The fourth-order valence-corrected chi connectivity index (χ4v) is 6.69. The molecule has 0 bridgehead atoms. The van der Waals surface area contributed by atoms with Crippen molar-refractivity contribution in [1.82, 2.24) is 5.32 Å². The highest BCUT2D eigenvalue weighted by molar-refractivity contribution is 7.94. The van der Waals surface area contributed by atoms with Crippen LogP contribution in [-0.2, 0) is 21.2 Å². The molecule has 1 unspecified atom stereocenters. The Balaban J connectivity index is 1.33. The average molecular weight is 518 g/mol. The SMILES string of the molecule is Cc1c(-c2cc3cc(OCc4ccc(S(=O)(=O)C5CNCCO5)s4)ccc3o2)oc(=O)c(C)c1O. The maximum absolute atomic E-state index is 12.8. The van der Waals surface area contributed by atoms with Crippen LogP contribution in [0.3, 0.4) is 0 Å². The monoisotopic (exact) mass is 517 g/mol. The van der Waals surface area contributed by atoms with Crippen LogP contribution in [0.4, 0.5) is 0 Å². The molecule has 0 radical (unpaired) electrons. The molecule has 11 heteroatoms. The third kappa shape index (κ3) is 4.47. The summed E-state index contributed by atoms with van der Waals surface area (Å²) in [6, 6.07) is 10.3. The van der Waals surface area contributed by atoms with Gasteiger partial charge in [-0.3, -0.25) is 0 Å². The van der Waals surface area contributed by atoms with Gasteiger partial charge in [-0.2, -0.15) is 0 Å². The first-order valence-electron chi connectivity index (χ1n) is 10.9. The van der Waals surface area contributed by atoms with Crippen LogP contribution >= 0.6 is 11.3 Å². The fraction of sp³-hybridized carbons (Fsp3) is 0.292. The van der Waals surface area contributed by atoms with Crippen molar-refractivity contribution in [3.05, 3.63) is 62.8 Å². The van der Waals surface area contributed by atoms with Gasteiger partial charge in [0.05, 0.1) is 12.2 Å². The minimum atomic E-state index is -3.57. The Labute approximate surface area is 204 Å². The lowest BCUT2D eigenvalue weighted by molar-refractivity contribution is 0.0786. The number of furan rings is 1. The van der Waals surface area contributed by atoms with Crippen LogP contribution in [0.25, 0.3) is 22.5 Å². The van der Waals surface area contributed by atoms with Gasteiger partial charge < -0.3 is 28.7 Å². The van der Waals surface area contributed by atoms with E-state index in [1.807, 2.05) is 0 Å². The van der Waals surface area contributed by atoms with Crippen molar-refractivity contribution in [1.29, 1.82) is 0 Å². The van der Waals surface area contributed by atoms with E-state index in [4.69, 9.17) is 18.3 Å². The first-order chi connectivity index (χ1) is 16.7. The molecule has 1 aromatic carbocycles. The number of hydrogen-bond acceptors (Lipinski definition) is 10. The molecule has 2 N–H and O–H groups in total. The van der Waals surface area contributed by atoms with Crippen molar-refractivity contribution >= 4 is 32.1 Å². The minimum Gasteiger partial charge on any atom is -0.507 e. The number of ether oxygens (including phenoxy) is 2. The summed E-state index contributed by atoms with van der Waals surface area (Å²) in [6.07, 6.45) is 0. The van der Waals surface area contributed by atoms with E-state index in [1.54, 1.807) is 43.3 Å². The molecule has 9 nitrogen and oxygen atoms in total. The lowest BCUT2D eigenvalue weighted by Gasteiger charge is -2.22. The van der Waals surface area contributed by atoms with Gasteiger partial charge in [0.25, 0.3) is 0 Å². The maximum atomic E-state index is 12.8. The molecule has 184 valence electrons. The lowest BCUT2D eigenvalue weighted by atomic mass is 10.1. The molecule has 1 atom stereocenters. The molecule has 1 aliphatic rings. The largest absolute Gasteiger partial charge is 0.507 e. The molecule has 3 aromatic heterocycles. The first-order valence-corrected chi connectivity index (χ1v) is 13.3. The molecular weight excluding hydrogens is 494 g/mol. The molecular formula is C24H23NO8S2. The van der Waals surface area contributed by atoms with Gasteiger partial charge in [0.1, 0.15) is 27.9 Å². The number of aromatic hydroxyl groups is 1. The van der Waals surface area contributed by atoms with Crippen LogP contribution in [0.2, 0.25) is 0 Å². The van der Waals surface area contributed by atoms with E-state index >= 15 is 0 Å². The van der Waals surface area contributed by atoms with E-state index in [2.05, 4.69) is 5.32 Å². The Morgan fingerprint density at radius 2 is 1.97 bits per heavy atom. The van der Waals surface area contributed by atoms with Gasteiger partial charge in [0.2, 0.25) is 9.84 Å². The molecule has 0 aliphatic carbocycles. The van der Waals surface area contributed by atoms with E-state index in [0.717, 1.165) is 21.6 Å². The predicted molar refractivity (Wildman–Crippen MR) is 130 cm³/mol. The molecule has 0 saturated carbocycles. The normalized spacial score (nSPS) is 16.6. The minimum absolute atomic E-state index is 0.121. The molecule has 1 fully saturated rings. The Kier molecular flexibility index (Phi) is 6.18. The average Bonchev–Trinajstić information content (AvgIpc) is 3.51. The Morgan fingerprint density at radius 1 is 1.14 bits per heavy atom. The van der Waals surface area contributed by atoms with Gasteiger partial charge in [-0.1, -0.05) is 0 Å². The van der Waals surface area contributed by atoms with Gasteiger partial charge in [0.15, 0.2) is 17.0 Å². The van der Waals surface area contributed by atoms with E-state index in [-0.39, 0.29) is 34.4 Å². The quantitative estimate of drug-likeness (QED) is 0.393. The van der Waals surface area contributed by atoms with Crippen LogP contribution in [0.1, 0.15) is 16.0 Å². The van der Waals surface area contributed by atoms with Crippen LogP contribution in [0, 0.1) is 13.8 Å². The van der Waals surface area contributed by atoms with Crippen molar-refractivity contribution < 1.29 is 31.8 Å². The van der Waals surface area contributed by atoms with Crippen molar-refractivity contribution in [2.75, 3.05) is 19.7 Å². The highest BCUT2D eigenvalue weighted by Gasteiger charge is 2.31. The maximum Gasteiger partial charge on any atom is 0.343 e. The topological polar surface area (TPSA) is 128 Å². The molecule has 4 aromatic rings. The number of benzene rings is 1.